The number of hydrogen-bond acceptors (Lipinski definition) is 4. The molecule has 124 valence electrons. The number of rotatable bonds is 8. The normalized spacial score (nSPS) is 11.2. The van der Waals surface area contributed by atoms with Gasteiger partial charge in [0.2, 0.25) is 11.8 Å². The van der Waals surface area contributed by atoms with Gasteiger partial charge in [-0.05, 0) is 12.0 Å². The highest BCUT2D eigenvalue weighted by Crippen LogP contribution is 2.11. The third-order valence-electron chi connectivity index (χ3n) is 3.03. The molecule has 3 N–H and O–H groups in total. The summed E-state index contributed by atoms with van der Waals surface area (Å²) in [5.74, 6) is -0.490. The zero-order valence-electron chi connectivity index (χ0n) is 13.0. The minimum Gasteiger partial charge on any atom is -0.385 e. The van der Waals surface area contributed by atoms with Crippen LogP contribution in [0.1, 0.15) is 18.0 Å². The van der Waals surface area contributed by atoms with E-state index in [4.69, 9.17) is 10.5 Å². The average Bonchev–Trinajstić information content (AvgIpc) is 2.51. The van der Waals surface area contributed by atoms with E-state index in [2.05, 4.69) is 5.32 Å². The molecule has 0 aliphatic carbocycles. The maximum atomic E-state index is 12.2. The lowest BCUT2D eigenvalue weighted by Gasteiger charge is -2.21. The highest BCUT2D eigenvalue weighted by molar-refractivity contribution is 5.87. The van der Waals surface area contributed by atoms with Crippen molar-refractivity contribution in [3.8, 4) is 0 Å². The van der Waals surface area contributed by atoms with Gasteiger partial charge in [-0.25, -0.2) is 0 Å². The SMILES string of the molecule is COCCCNC(=O)CN(C)C(=O)C(N)c1ccccc1.Cl. The Hall–Kier alpha value is -1.63. The number of likely N-dealkylation sites (N-methyl/N-ethyl adjacent to an activating group) is 1. The van der Waals surface area contributed by atoms with Crippen molar-refractivity contribution >= 4 is 24.2 Å². The number of nitrogens with one attached hydrogen (secondary N) is 1. The minimum absolute atomic E-state index is 0. The second kappa shape index (κ2) is 11.0. The summed E-state index contributed by atoms with van der Waals surface area (Å²) in [6.07, 6.45) is 0.740. The van der Waals surface area contributed by atoms with Crippen LogP contribution >= 0.6 is 12.4 Å². The Kier molecular flexibility index (Phi) is 10.2. The third-order valence-corrected chi connectivity index (χ3v) is 3.03. The first-order valence-corrected chi connectivity index (χ1v) is 6.87. The van der Waals surface area contributed by atoms with E-state index >= 15 is 0 Å². The molecule has 6 nitrogen and oxygen atoms in total. The molecule has 0 bridgehead atoms. The molecule has 1 atom stereocenters. The van der Waals surface area contributed by atoms with Crippen LogP contribution in [0, 0.1) is 0 Å². The molecule has 22 heavy (non-hydrogen) atoms. The van der Waals surface area contributed by atoms with Gasteiger partial charge in [0.25, 0.3) is 0 Å². The van der Waals surface area contributed by atoms with Crippen LogP contribution in [0.15, 0.2) is 30.3 Å². The molecule has 1 rings (SSSR count). The summed E-state index contributed by atoms with van der Waals surface area (Å²) in [6, 6.07) is 8.34. The number of amides is 2. The standard InChI is InChI=1S/C15H23N3O3.ClH/c1-18(11-13(19)17-9-6-10-21-2)15(20)14(16)12-7-4-3-5-8-12;/h3-5,7-8,14H,6,9-11,16H2,1-2H3,(H,17,19);1H. The molecule has 0 heterocycles. The zero-order valence-corrected chi connectivity index (χ0v) is 13.8. The molecule has 1 unspecified atom stereocenters. The number of halogens is 1. The van der Waals surface area contributed by atoms with E-state index in [1.165, 1.54) is 4.90 Å². The van der Waals surface area contributed by atoms with Crippen LogP contribution in [0.4, 0.5) is 0 Å². The van der Waals surface area contributed by atoms with Gasteiger partial charge in [-0.3, -0.25) is 9.59 Å². The van der Waals surface area contributed by atoms with Crippen molar-refractivity contribution in [2.75, 3.05) is 33.9 Å². The highest BCUT2D eigenvalue weighted by Gasteiger charge is 2.21. The molecule has 2 amide bonds. The van der Waals surface area contributed by atoms with Gasteiger partial charge >= 0.3 is 0 Å². The molecule has 0 saturated heterocycles. The zero-order chi connectivity index (χ0) is 15.7. The Bertz CT molecular complexity index is 457. The van der Waals surface area contributed by atoms with E-state index in [-0.39, 0.29) is 30.8 Å². The molecule has 0 spiro atoms. The van der Waals surface area contributed by atoms with Gasteiger partial charge < -0.3 is 20.7 Å². The number of hydrogen-bond donors (Lipinski definition) is 2. The molecule has 1 aromatic carbocycles. The third kappa shape index (κ3) is 6.89. The molecular formula is C15H24ClN3O3. The van der Waals surface area contributed by atoms with Crippen molar-refractivity contribution in [3.05, 3.63) is 35.9 Å². The maximum absolute atomic E-state index is 12.2. The fourth-order valence-corrected chi connectivity index (χ4v) is 1.83. The lowest BCUT2D eigenvalue weighted by molar-refractivity contribution is -0.135. The number of methoxy groups -OCH3 is 1. The molecule has 0 aliphatic rings. The van der Waals surface area contributed by atoms with E-state index in [9.17, 15) is 9.59 Å². The van der Waals surface area contributed by atoms with Crippen LogP contribution in [0.5, 0.6) is 0 Å². The van der Waals surface area contributed by atoms with Gasteiger partial charge in [0.15, 0.2) is 0 Å². The Labute approximate surface area is 137 Å². The summed E-state index contributed by atoms with van der Waals surface area (Å²) >= 11 is 0. The van der Waals surface area contributed by atoms with E-state index < -0.39 is 6.04 Å². The summed E-state index contributed by atoms with van der Waals surface area (Å²) in [4.78, 5) is 25.2. The van der Waals surface area contributed by atoms with Gasteiger partial charge in [0, 0.05) is 27.3 Å². The second-order valence-corrected chi connectivity index (χ2v) is 4.78. The molecule has 0 aliphatic heterocycles. The Morgan fingerprint density at radius 2 is 1.95 bits per heavy atom. The van der Waals surface area contributed by atoms with Gasteiger partial charge in [0.05, 0.1) is 6.54 Å². The lowest BCUT2D eigenvalue weighted by Crippen LogP contribution is -2.42. The number of nitrogens with two attached hydrogens (primary N) is 1. The molecule has 1 aromatic rings. The fraction of sp³-hybridized carbons (Fsp3) is 0.467. The first-order chi connectivity index (χ1) is 10.1. The van der Waals surface area contributed by atoms with Gasteiger partial charge in [-0.2, -0.15) is 0 Å². The number of ether oxygens (including phenoxy) is 1. The quantitative estimate of drug-likeness (QED) is 0.688. The largest absolute Gasteiger partial charge is 0.385 e. The smallest absolute Gasteiger partial charge is 0.244 e. The Morgan fingerprint density at radius 1 is 1.32 bits per heavy atom. The molecule has 0 aromatic heterocycles. The number of benzene rings is 1. The van der Waals surface area contributed by atoms with Crippen LogP contribution in [0.3, 0.4) is 0 Å². The lowest BCUT2D eigenvalue weighted by atomic mass is 10.1. The predicted molar refractivity (Wildman–Crippen MR) is 87.8 cm³/mol. The minimum atomic E-state index is -0.752. The van der Waals surface area contributed by atoms with Gasteiger partial charge in [0.1, 0.15) is 6.04 Å². The van der Waals surface area contributed by atoms with E-state index in [0.29, 0.717) is 13.2 Å². The molecular weight excluding hydrogens is 306 g/mol. The van der Waals surface area contributed by atoms with Crippen LogP contribution in [0.25, 0.3) is 0 Å². The summed E-state index contributed by atoms with van der Waals surface area (Å²) < 4.78 is 4.89. The summed E-state index contributed by atoms with van der Waals surface area (Å²) in [5, 5.41) is 2.73. The fourth-order valence-electron chi connectivity index (χ4n) is 1.83. The van der Waals surface area contributed by atoms with Crippen LogP contribution in [0.2, 0.25) is 0 Å². The monoisotopic (exact) mass is 329 g/mol. The van der Waals surface area contributed by atoms with Gasteiger partial charge in [-0.15, -0.1) is 12.4 Å². The maximum Gasteiger partial charge on any atom is 0.244 e. The summed E-state index contributed by atoms with van der Waals surface area (Å²) in [6.45, 7) is 1.11. The van der Waals surface area contributed by atoms with Crippen molar-refractivity contribution in [2.24, 2.45) is 5.73 Å². The van der Waals surface area contributed by atoms with E-state index in [1.807, 2.05) is 18.2 Å². The van der Waals surface area contributed by atoms with Crippen LogP contribution < -0.4 is 11.1 Å². The van der Waals surface area contributed by atoms with Crippen LogP contribution in [-0.2, 0) is 14.3 Å². The molecule has 0 saturated carbocycles. The number of nitrogens with zero attached hydrogens (tertiary/aromatic N) is 1. The van der Waals surface area contributed by atoms with Crippen molar-refractivity contribution < 1.29 is 14.3 Å². The first kappa shape index (κ1) is 20.4. The van der Waals surface area contributed by atoms with Gasteiger partial charge in [-0.1, -0.05) is 30.3 Å². The Morgan fingerprint density at radius 3 is 2.55 bits per heavy atom. The first-order valence-electron chi connectivity index (χ1n) is 6.87. The highest BCUT2D eigenvalue weighted by atomic mass is 35.5. The van der Waals surface area contributed by atoms with E-state index in [1.54, 1.807) is 26.3 Å². The summed E-state index contributed by atoms with van der Waals surface area (Å²) in [7, 11) is 3.18. The van der Waals surface area contributed by atoms with Crippen molar-refractivity contribution in [3.63, 3.8) is 0 Å². The molecule has 0 radical (unpaired) electrons. The number of carbonyl (C=O) groups is 2. The topological polar surface area (TPSA) is 84.7 Å². The summed E-state index contributed by atoms with van der Waals surface area (Å²) in [5.41, 5.74) is 6.65. The van der Waals surface area contributed by atoms with Crippen molar-refractivity contribution in [2.45, 2.75) is 12.5 Å². The molecule has 7 heteroatoms. The van der Waals surface area contributed by atoms with Crippen molar-refractivity contribution in [1.29, 1.82) is 0 Å². The van der Waals surface area contributed by atoms with E-state index in [0.717, 1.165) is 12.0 Å². The van der Waals surface area contributed by atoms with Crippen LogP contribution in [-0.4, -0.2) is 50.6 Å². The molecule has 0 fully saturated rings. The predicted octanol–water partition coefficient (Wildman–Crippen LogP) is 0.719. The second-order valence-electron chi connectivity index (χ2n) is 4.78. The Balaban J connectivity index is 0.00000441. The van der Waals surface area contributed by atoms with Crippen molar-refractivity contribution in [1.82, 2.24) is 10.2 Å². The number of carbonyl (C=O) groups excluding carboxylic acids is 2. The average molecular weight is 330 g/mol.